The van der Waals surface area contributed by atoms with Crippen molar-refractivity contribution in [3.63, 3.8) is 0 Å². The monoisotopic (exact) mass is 248 g/mol. The molecular weight excluding hydrogens is 237 g/mol. The number of hydrogen-bond donors (Lipinski definition) is 0. The molecule has 0 aliphatic rings. The summed E-state index contributed by atoms with van der Waals surface area (Å²) in [6.45, 7) is 3.61. The molecule has 2 aromatic carbocycles. The van der Waals surface area contributed by atoms with Gasteiger partial charge in [0.2, 0.25) is 0 Å². The molecule has 0 saturated carbocycles. The quantitative estimate of drug-likeness (QED) is 0.700. The highest BCUT2D eigenvalue weighted by Gasteiger charge is 2.33. The van der Waals surface area contributed by atoms with Crippen LogP contribution in [0.25, 0.3) is 17.2 Å². The number of rotatable bonds is 2. The van der Waals surface area contributed by atoms with Crippen LogP contribution in [0, 0.1) is 0 Å². The van der Waals surface area contributed by atoms with Gasteiger partial charge in [0.1, 0.15) is 0 Å². The van der Waals surface area contributed by atoms with Crippen molar-refractivity contribution < 1.29 is 13.2 Å². The van der Waals surface area contributed by atoms with Crippen molar-refractivity contribution >= 4 is 6.08 Å². The molecule has 2 aromatic rings. The normalized spacial score (nSPS) is 11.3. The zero-order valence-corrected chi connectivity index (χ0v) is 9.54. The van der Waals surface area contributed by atoms with Crippen molar-refractivity contribution in [3.8, 4) is 11.1 Å². The van der Waals surface area contributed by atoms with Crippen LogP contribution in [0.3, 0.4) is 0 Å². The molecule has 0 spiro atoms. The highest BCUT2D eigenvalue weighted by molar-refractivity contribution is 5.69. The van der Waals surface area contributed by atoms with E-state index in [0.29, 0.717) is 5.56 Å². The first kappa shape index (κ1) is 12.4. The van der Waals surface area contributed by atoms with Crippen molar-refractivity contribution in [3.05, 3.63) is 66.2 Å². The van der Waals surface area contributed by atoms with Crippen molar-refractivity contribution in [2.24, 2.45) is 0 Å². The van der Waals surface area contributed by atoms with Gasteiger partial charge in [0, 0.05) is 0 Å². The number of alkyl halides is 3. The fourth-order valence-electron chi connectivity index (χ4n) is 1.78. The minimum Gasteiger partial charge on any atom is -0.166 e. The van der Waals surface area contributed by atoms with Gasteiger partial charge < -0.3 is 0 Å². The first-order valence-electron chi connectivity index (χ1n) is 5.41. The molecule has 0 bridgehead atoms. The lowest BCUT2D eigenvalue weighted by Crippen LogP contribution is -2.06. The maximum atomic E-state index is 12.9. The summed E-state index contributed by atoms with van der Waals surface area (Å²) in [7, 11) is 0. The Morgan fingerprint density at radius 3 is 2.06 bits per heavy atom. The highest BCUT2D eigenvalue weighted by atomic mass is 19.4. The Hall–Kier alpha value is -2.03. The maximum Gasteiger partial charge on any atom is 0.417 e. The van der Waals surface area contributed by atoms with Gasteiger partial charge in [0.15, 0.2) is 0 Å². The van der Waals surface area contributed by atoms with E-state index < -0.39 is 11.7 Å². The lowest BCUT2D eigenvalue weighted by molar-refractivity contribution is -0.137. The molecule has 0 aromatic heterocycles. The van der Waals surface area contributed by atoms with Crippen LogP contribution in [0.4, 0.5) is 13.2 Å². The summed E-state index contributed by atoms with van der Waals surface area (Å²) in [5.41, 5.74) is 1.01. The largest absolute Gasteiger partial charge is 0.417 e. The average molecular weight is 248 g/mol. The van der Waals surface area contributed by atoms with Crippen LogP contribution in [-0.4, -0.2) is 0 Å². The third kappa shape index (κ3) is 2.45. The molecule has 0 aliphatic heterocycles. The number of benzene rings is 2. The second-order valence-corrected chi connectivity index (χ2v) is 3.87. The third-order valence-electron chi connectivity index (χ3n) is 2.69. The zero-order valence-electron chi connectivity index (χ0n) is 9.54. The Bertz CT molecular complexity index is 551. The van der Waals surface area contributed by atoms with E-state index in [2.05, 4.69) is 6.58 Å². The zero-order chi connectivity index (χ0) is 13.2. The predicted molar refractivity (Wildman–Crippen MR) is 67.0 cm³/mol. The SMILES string of the molecule is C=Cc1ccc(-c2ccccc2C(F)(F)F)cc1. The van der Waals surface area contributed by atoms with E-state index in [1.165, 1.54) is 12.1 Å². The molecule has 0 radical (unpaired) electrons. The fourth-order valence-corrected chi connectivity index (χ4v) is 1.78. The Balaban J connectivity index is 2.53. The minimum atomic E-state index is -4.34. The molecule has 0 aliphatic carbocycles. The molecule has 3 heteroatoms. The molecular formula is C15H11F3. The first-order chi connectivity index (χ1) is 8.52. The molecule has 92 valence electrons. The molecule has 0 unspecified atom stereocenters. The molecule has 0 fully saturated rings. The molecule has 0 atom stereocenters. The van der Waals surface area contributed by atoms with Crippen LogP contribution in [0.2, 0.25) is 0 Å². The summed E-state index contributed by atoms with van der Waals surface area (Å²) in [6.07, 6.45) is -2.69. The standard InChI is InChI=1S/C15H11F3/c1-2-11-7-9-12(10-8-11)13-5-3-4-6-14(13)15(16,17)18/h2-10H,1H2. The summed E-state index contributed by atoms with van der Waals surface area (Å²) in [4.78, 5) is 0. The van der Waals surface area contributed by atoms with E-state index in [4.69, 9.17) is 0 Å². The van der Waals surface area contributed by atoms with E-state index in [9.17, 15) is 13.2 Å². The van der Waals surface area contributed by atoms with Gasteiger partial charge in [-0.3, -0.25) is 0 Å². The van der Waals surface area contributed by atoms with Crippen LogP contribution in [-0.2, 0) is 6.18 Å². The Morgan fingerprint density at radius 2 is 1.50 bits per heavy atom. The Labute approximate surface area is 103 Å². The number of halogens is 3. The minimum absolute atomic E-state index is 0.195. The maximum absolute atomic E-state index is 12.9. The highest BCUT2D eigenvalue weighted by Crippen LogP contribution is 2.36. The summed E-state index contributed by atoms with van der Waals surface area (Å²) < 4.78 is 38.6. The van der Waals surface area contributed by atoms with Gasteiger partial charge in [-0.1, -0.05) is 55.1 Å². The van der Waals surface area contributed by atoms with Crippen LogP contribution < -0.4 is 0 Å². The molecule has 2 rings (SSSR count). The van der Waals surface area contributed by atoms with Crippen molar-refractivity contribution in [1.82, 2.24) is 0 Å². The summed E-state index contributed by atoms with van der Waals surface area (Å²) in [5.74, 6) is 0. The molecule has 0 saturated heterocycles. The number of hydrogen-bond acceptors (Lipinski definition) is 0. The second kappa shape index (κ2) is 4.69. The molecule has 0 amide bonds. The van der Waals surface area contributed by atoms with Gasteiger partial charge >= 0.3 is 6.18 Å². The van der Waals surface area contributed by atoms with Crippen LogP contribution in [0.1, 0.15) is 11.1 Å². The van der Waals surface area contributed by atoms with E-state index in [-0.39, 0.29) is 5.56 Å². The predicted octanol–water partition coefficient (Wildman–Crippen LogP) is 5.02. The van der Waals surface area contributed by atoms with E-state index >= 15 is 0 Å². The first-order valence-corrected chi connectivity index (χ1v) is 5.41. The topological polar surface area (TPSA) is 0 Å². The van der Waals surface area contributed by atoms with Gasteiger partial charge in [-0.25, -0.2) is 0 Å². The second-order valence-electron chi connectivity index (χ2n) is 3.87. The Morgan fingerprint density at radius 1 is 0.889 bits per heavy atom. The van der Waals surface area contributed by atoms with Crippen molar-refractivity contribution in [2.45, 2.75) is 6.18 Å². The van der Waals surface area contributed by atoms with E-state index in [0.717, 1.165) is 11.6 Å². The molecule has 18 heavy (non-hydrogen) atoms. The molecule has 0 N–H and O–H groups in total. The van der Waals surface area contributed by atoms with Gasteiger partial charge in [-0.2, -0.15) is 13.2 Å². The van der Waals surface area contributed by atoms with E-state index in [1.807, 2.05) is 0 Å². The fraction of sp³-hybridized carbons (Fsp3) is 0.0667. The molecule has 0 heterocycles. The summed E-state index contributed by atoms with van der Waals surface area (Å²) in [6, 6.07) is 12.4. The summed E-state index contributed by atoms with van der Waals surface area (Å²) >= 11 is 0. The average Bonchev–Trinajstić information content (AvgIpc) is 2.38. The van der Waals surface area contributed by atoms with Gasteiger partial charge in [-0.05, 0) is 22.8 Å². The van der Waals surface area contributed by atoms with Crippen LogP contribution in [0.5, 0.6) is 0 Å². The Kier molecular flexibility index (Phi) is 3.24. The van der Waals surface area contributed by atoms with Crippen LogP contribution in [0.15, 0.2) is 55.1 Å². The van der Waals surface area contributed by atoms with Gasteiger partial charge in [-0.15, -0.1) is 0 Å². The van der Waals surface area contributed by atoms with Crippen molar-refractivity contribution in [1.29, 1.82) is 0 Å². The lowest BCUT2D eigenvalue weighted by Gasteiger charge is -2.12. The lowest BCUT2D eigenvalue weighted by atomic mass is 9.98. The van der Waals surface area contributed by atoms with Crippen molar-refractivity contribution in [2.75, 3.05) is 0 Å². The van der Waals surface area contributed by atoms with Gasteiger partial charge in [0.25, 0.3) is 0 Å². The van der Waals surface area contributed by atoms with Crippen LogP contribution >= 0.6 is 0 Å². The van der Waals surface area contributed by atoms with E-state index in [1.54, 1.807) is 36.4 Å². The smallest absolute Gasteiger partial charge is 0.166 e. The molecule has 0 nitrogen and oxygen atoms in total. The third-order valence-corrected chi connectivity index (χ3v) is 2.69. The summed E-state index contributed by atoms with van der Waals surface area (Å²) in [5, 5.41) is 0. The van der Waals surface area contributed by atoms with Gasteiger partial charge in [0.05, 0.1) is 5.56 Å².